The first kappa shape index (κ1) is 18.5. The summed E-state index contributed by atoms with van der Waals surface area (Å²) in [6.45, 7) is 2.11. The molecule has 1 aromatic heterocycles. The van der Waals surface area contributed by atoms with Crippen LogP contribution in [0.4, 0.5) is 5.82 Å². The normalized spacial score (nSPS) is 18.5. The second-order valence-electron chi connectivity index (χ2n) is 6.95. The zero-order chi connectivity index (χ0) is 19.3. The number of ether oxygens (including phenoxy) is 4. The van der Waals surface area contributed by atoms with Gasteiger partial charge in [-0.3, -0.25) is 0 Å². The van der Waals surface area contributed by atoms with Crippen LogP contribution < -0.4 is 14.8 Å². The van der Waals surface area contributed by atoms with Gasteiger partial charge in [-0.2, -0.15) is 0 Å². The average molecular weight is 385 g/mol. The molecule has 148 valence electrons. The molecule has 2 aromatic rings. The Labute approximate surface area is 163 Å². The molecule has 1 saturated carbocycles. The van der Waals surface area contributed by atoms with Gasteiger partial charge in [0.05, 0.1) is 38.3 Å². The summed E-state index contributed by atoms with van der Waals surface area (Å²) in [5.41, 5.74) is 0.338. The number of rotatable bonds is 8. The van der Waals surface area contributed by atoms with E-state index in [1.807, 2.05) is 0 Å². The molecule has 0 amide bonds. The topological polar surface area (TPSA) is 91.8 Å². The number of nitrogens with zero attached hydrogens (tertiary/aromatic N) is 2. The zero-order valence-corrected chi connectivity index (χ0v) is 15.7. The first-order valence-electron chi connectivity index (χ1n) is 9.41. The van der Waals surface area contributed by atoms with Crippen LogP contribution in [-0.2, 0) is 9.47 Å². The van der Waals surface area contributed by atoms with Gasteiger partial charge in [0.1, 0.15) is 23.4 Å². The van der Waals surface area contributed by atoms with Gasteiger partial charge in [0.25, 0.3) is 0 Å². The molecule has 2 fully saturated rings. The van der Waals surface area contributed by atoms with E-state index < -0.39 is 5.97 Å². The molecule has 0 unspecified atom stereocenters. The van der Waals surface area contributed by atoms with Gasteiger partial charge in [0, 0.05) is 19.0 Å². The number of esters is 1. The van der Waals surface area contributed by atoms with Crippen molar-refractivity contribution >= 4 is 11.8 Å². The van der Waals surface area contributed by atoms with E-state index in [2.05, 4.69) is 15.3 Å². The predicted octanol–water partition coefficient (Wildman–Crippen LogP) is 3.05. The molecule has 0 spiro atoms. The first-order valence-corrected chi connectivity index (χ1v) is 9.41. The minimum absolute atomic E-state index is 0.0441. The monoisotopic (exact) mass is 385 g/mol. The molecule has 8 nitrogen and oxygen atoms in total. The van der Waals surface area contributed by atoms with E-state index in [4.69, 9.17) is 18.9 Å². The Hall–Kier alpha value is -2.87. The lowest BCUT2D eigenvalue weighted by atomic mass is 10.2. The standard InChI is InChI=1S/C20H23N3O5/c1-25-20(24)14-6-16(27-15-4-5-26-12-15)8-17(7-14)28-19-11-22-18(10-23-19)21-9-13-2-3-13/h6-8,10-11,13,15H,2-5,9,12H2,1H3,(H,21,22)/t15-/m0/s1. The molecule has 1 aliphatic carbocycles. The van der Waals surface area contributed by atoms with Gasteiger partial charge in [-0.1, -0.05) is 0 Å². The van der Waals surface area contributed by atoms with Crippen LogP contribution in [0.25, 0.3) is 0 Å². The fourth-order valence-corrected chi connectivity index (χ4v) is 2.88. The number of carbonyl (C=O) groups excluding carboxylic acids is 1. The lowest BCUT2D eigenvalue weighted by Crippen LogP contribution is -2.16. The highest BCUT2D eigenvalue weighted by molar-refractivity contribution is 5.90. The SMILES string of the molecule is COC(=O)c1cc(Oc2cnc(NCC3CC3)cn2)cc(O[C@H]2CCOC2)c1. The maximum atomic E-state index is 12.0. The van der Waals surface area contributed by atoms with Crippen LogP contribution in [0, 0.1) is 5.92 Å². The Kier molecular flexibility index (Phi) is 5.57. The molecule has 1 aromatic carbocycles. The predicted molar refractivity (Wildman–Crippen MR) is 101 cm³/mol. The highest BCUT2D eigenvalue weighted by atomic mass is 16.5. The van der Waals surface area contributed by atoms with Gasteiger partial charge in [-0.15, -0.1) is 0 Å². The van der Waals surface area contributed by atoms with Crippen LogP contribution in [-0.4, -0.2) is 48.9 Å². The van der Waals surface area contributed by atoms with E-state index in [-0.39, 0.29) is 6.10 Å². The third kappa shape index (κ3) is 4.89. The number of hydrogen-bond acceptors (Lipinski definition) is 8. The maximum absolute atomic E-state index is 12.0. The number of aromatic nitrogens is 2. The van der Waals surface area contributed by atoms with Crippen LogP contribution in [0.3, 0.4) is 0 Å². The fourth-order valence-electron chi connectivity index (χ4n) is 2.88. The van der Waals surface area contributed by atoms with Gasteiger partial charge in [0.2, 0.25) is 5.88 Å². The number of nitrogens with one attached hydrogen (secondary N) is 1. The van der Waals surface area contributed by atoms with Gasteiger partial charge in [0.15, 0.2) is 0 Å². The van der Waals surface area contributed by atoms with Crippen LogP contribution >= 0.6 is 0 Å². The first-order chi connectivity index (χ1) is 13.7. The largest absolute Gasteiger partial charge is 0.488 e. The van der Waals surface area contributed by atoms with Gasteiger partial charge in [-0.25, -0.2) is 14.8 Å². The quantitative estimate of drug-likeness (QED) is 0.693. The lowest BCUT2D eigenvalue weighted by Gasteiger charge is -2.14. The summed E-state index contributed by atoms with van der Waals surface area (Å²) in [7, 11) is 1.33. The molecular weight excluding hydrogens is 362 g/mol. The smallest absolute Gasteiger partial charge is 0.338 e. The molecule has 1 saturated heterocycles. The van der Waals surface area contributed by atoms with Crippen molar-refractivity contribution < 1.29 is 23.7 Å². The second kappa shape index (κ2) is 8.43. The van der Waals surface area contributed by atoms with Gasteiger partial charge in [-0.05, 0) is 30.9 Å². The summed E-state index contributed by atoms with van der Waals surface area (Å²) in [4.78, 5) is 20.6. The van der Waals surface area contributed by atoms with Crippen molar-refractivity contribution in [2.24, 2.45) is 5.92 Å². The van der Waals surface area contributed by atoms with Crippen molar-refractivity contribution in [3.8, 4) is 17.4 Å². The Morgan fingerprint density at radius 2 is 2.04 bits per heavy atom. The van der Waals surface area contributed by atoms with E-state index in [1.54, 1.807) is 30.6 Å². The number of methoxy groups -OCH3 is 1. The zero-order valence-electron chi connectivity index (χ0n) is 15.7. The third-order valence-corrected chi connectivity index (χ3v) is 4.61. The highest BCUT2D eigenvalue weighted by Crippen LogP contribution is 2.30. The molecule has 1 N–H and O–H groups in total. The van der Waals surface area contributed by atoms with E-state index in [0.717, 1.165) is 18.9 Å². The molecular formula is C20H23N3O5. The fraction of sp³-hybridized carbons (Fsp3) is 0.450. The maximum Gasteiger partial charge on any atom is 0.338 e. The van der Waals surface area contributed by atoms with E-state index >= 15 is 0 Å². The molecule has 1 aliphatic heterocycles. The third-order valence-electron chi connectivity index (χ3n) is 4.61. The second-order valence-corrected chi connectivity index (χ2v) is 6.95. The van der Waals surface area contributed by atoms with E-state index in [0.29, 0.717) is 42.0 Å². The molecule has 4 rings (SSSR count). The molecule has 0 radical (unpaired) electrons. The number of benzene rings is 1. The summed E-state index contributed by atoms with van der Waals surface area (Å²) in [5, 5.41) is 3.26. The molecule has 1 atom stereocenters. The van der Waals surface area contributed by atoms with Crippen molar-refractivity contribution in [3.63, 3.8) is 0 Å². The van der Waals surface area contributed by atoms with Gasteiger partial charge < -0.3 is 24.3 Å². The summed E-state index contributed by atoms with van der Waals surface area (Å²) in [5.74, 6) is 2.27. The summed E-state index contributed by atoms with van der Waals surface area (Å²) >= 11 is 0. The van der Waals surface area contributed by atoms with E-state index in [1.165, 1.54) is 20.0 Å². The van der Waals surface area contributed by atoms with Crippen LogP contribution in [0.2, 0.25) is 0 Å². The Balaban J connectivity index is 1.47. The average Bonchev–Trinajstić information content (AvgIpc) is 3.41. The Morgan fingerprint density at radius 1 is 1.18 bits per heavy atom. The summed E-state index contributed by atoms with van der Waals surface area (Å²) in [6, 6.07) is 4.93. The van der Waals surface area contributed by atoms with Gasteiger partial charge >= 0.3 is 5.97 Å². The van der Waals surface area contributed by atoms with E-state index in [9.17, 15) is 4.79 Å². The molecule has 0 bridgehead atoms. The Morgan fingerprint density at radius 3 is 2.71 bits per heavy atom. The summed E-state index contributed by atoms with van der Waals surface area (Å²) in [6.07, 6.45) is 6.49. The molecule has 2 aliphatic rings. The number of hydrogen-bond donors (Lipinski definition) is 1. The van der Waals surface area contributed by atoms with Crippen molar-refractivity contribution in [3.05, 3.63) is 36.2 Å². The minimum Gasteiger partial charge on any atom is -0.488 e. The van der Waals surface area contributed by atoms with Crippen molar-refractivity contribution in [2.45, 2.75) is 25.4 Å². The van der Waals surface area contributed by atoms with Crippen molar-refractivity contribution in [1.29, 1.82) is 0 Å². The molecule has 2 heterocycles. The summed E-state index contributed by atoms with van der Waals surface area (Å²) < 4.78 is 21.9. The minimum atomic E-state index is -0.469. The van der Waals surface area contributed by atoms with Crippen molar-refractivity contribution in [2.75, 3.05) is 32.2 Å². The highest BCUT2D eigenvalue weighted by Gasteiger charge is 2.21. The van der Waals surface area contributed by atoms with Crippen molar-refractivity contribution in [1.82, 2.24) is 9.97 Å². The van der Waals surface area contributed by atoms with Crippen LogP contribution in [0.1, 0.15) is 29.6 Å². The lowest BCUT2D eigenvalue weighted by molar-refractivity contribution is 0.0599. The van der Waals surface area contributed by atoms with Crippen LogP contribution in [0.15, 0.2) is 30.6 Å². The number of carbonyl (C=O) groups is 1. The molecule has 28 heavy (non-hydrogen) atoms. The Bertz CT molecular complexity index is 817. The number of anilines is 1. The van der Waals surface area contributed by atoms with Crippen LogP contribution in [0.5, 0.6) is 17.4 Å². The molecule has 8 heteroatoms.